The van der Waals surface area contributed by atoms with Crippen molar-refractivity contribution in [2.45, 2.75) is 56.9 Å². The zero-order valence-corrected chi connectivity index (χ0v) is 12.4. The Balaban J connectivity index is 1.83. The van der Waals surface area contributed by atoms with E-state index in [1.807, 2.05) is 6.20 Å². The van der Waals surface area contributed by atoms with E-state index in [1.54, 1.807) is 0 Å². The first-order valence-electron chi connectivity index (χ1n) is 7.06. The van der Waals surface area contributed by atoms with Crippen LogP contribution in [0.5, 0.6) is 0 Å². The standard InChI is InChI=1S/C14H25N3S/c1-3-17-13(7-10-16-17)11-15-12-14(18-2)8-5-4-6-9-14/h7,10,15H,3-6,8-9,11-12H2,1-2H3. The Morgan fingerprint density at radius 3 is 2.83 bits per heavy atom. The summed E-state index contributed by atoms with van der Waals surface area (Å²) in [6, 6.07) is 2.11. The summed E-state index contributed by atoms with van der Waals surface area (Å²) in [6.45, 7) is 5.16. The summed E-state index contributed by atoms with van der Waals surface area (Å²) in [5.41, 5.74) is 1.30. The van der Waals surface area contributed by atoms with Crippen molar-refractivity contribution in [3.63, 3.8) is 0 Å². The monoisotopic (exact) mass is 267 g/mol. The van der Waals surface area contributed by atoms with Crippen molar-refractivity contribution in [3.8, 4) is 0 Å². The molecule has 0 unspecified atom stereocenters. The molecule has 0 amide bonds. The fourth-order valence-electron chi connectivity index (χ4n) is 2.86. The first-order chi connectivity index (χ1) is 8.79. The molecule has 0 atom stereocenters. The molecule has 1 N–H and O–H groups in total. The minimum Gasteiger partial charge on any atom is -0.310 e. The lowest BCUT2D eigenvalue weighted by Gasteiger charge is -2.36. The van der Waals surface area contributed by atoms with Crippen LogP contribution in [0.3, 0.4) is 0 Å². The van der Waals surface area contributed by atoms with E-state index in [0.29, 0.717) is 4.75 Å². The molecule has 102 valence electrons. The van der Waals surface area contributed by atoms with E-state index < -0.39 is 0 Å². The molecule has 2 rings (SSSR count). The van der Waals surface area contributed by atoms with Crippen LogP contribution >= 0.6 is 11.8 Å². The highest BCUT2D eigenvalue weighted by Gasteiger charge is 2.30. The number of aryl methyl sites for hydroxylation is 1. The van der Waals surface area contributed by atoms with Crippen LogP contribution in [0, 0.1) is 0 Å². The largest absolute Gasteiger partial charge is 0.310 e. The highest BCUT2D eigenvalue weighted by Crippen LogP contribution is 2.37. The molecule has 3 nitrogen and oxygen atoms in total. The summed E-state index contributed by atoms with van der Waals surface area (Å²) in [5.74, 6) is 0. The fraction of sp³-hybridized carbons (Fsp3) is 0.786. The number of hydrogen-bond acceptors (Lipinski definition) is 3. The van der Waals surface area contributed by atoms with Crippen LogP contribution in [0.2, 0.25) is 0 Å². The maximum Gasteiger partial charge on any atom is 0.0521 e. The van der Waals surface area contributed by atoms with Crippen LogP contribution in [0.25, 0.3) is 0 Å². The smallest absolute Gasteiger partial charge is 0.0521 e. The van der Waals surface area contributed by atoms with Crippen molar-refractivity contribution in [1.29, 1.82) is 0 Å². The van der Waals surface area contributed by atoms with Gasteiger partial charge in [0.15, 0.2) is 0 Å². The van der Waals surface area contributed by atoms with Gasteiger partial charge in [0.05, 0.1) is 5.69 Å². The zero-order chi connectivity index (χ0) is 12.8. The summed E-state index contributed by atoms with van der Waals surface area (Å²) in [6.07, 6.45) is 11.1. The van der Waals surface area contributed by atoms with Crippen LogP contribution < -0.4 is 5.32 Å². The van der Waals surface area contributed by atoms with Gasteiger partial charge in [-0.15, -0.1) is 0 Å². The molecule has 1 heterocycles. The number of hydrogen-bond donors (Lipinski definition) is 1. The molecular formula is C14H25N3S. The van der Waals surface area contributed by atoms with Gasteiger partial charge in [-0.1, -0.05) is 19.3 Å². The number of rotatable bonds is 6. The molecule has 0 radical (unpaired) electrons. The maximum atomic E-state index is 4.31. The van der Waals surface area contributed by atoms with Gasteiger partial charge in [-0.25, -0.2) is 0 Å². The Bertz CT molecular complexity index is 356. The predicted octanol–water partition coefficient (Wildman–Crippen LogP) is 3.06. The van der Waals surface area contributed by atoms with Gasteiger partial charge in [0.2, 0.25) is 0 Å². The van der Waals surface area contributed by atoms with E-state index in [9.17, 15) is 0 Å². The van der Waals surface area contributed by atoms with Gasteiger partial charge >= 0.3 is 0 Å². The molecule has 0 aliphatic heterocycles. The minimum absolute atomic E-state index is 0.481. The lowest BCUT2D eigenvalue weighted by atomic mass is 9.88. The van der Waals surface area contributed by atoms with E-state index in [-0.39, 0.29) is 0 Å². The lowest BCUT2D eigenvalue weighted by molar-refractivity contribution is 0.377. The molecule has 4 heteroatoms. The Morgan fingerprint density at radius 2 is 2.17 bits per heavy atom. The number of nitrogens with zero attached hydrogens (tertiary/aromatic N) is 2. The molecule has 0 aromatic carbocycles. The molecule has 1 fully saturated rings. The van der Waals surface area contributed by atoms with E-state index in [4.69, 9.17) is 0 Å². The molecule has 1 aromatic heterocycles. The van der Waals surface area contributed by atoms with Crippen LogP contribution in [-0.4, -0.2) is 27.3 Å². The average molecular weight is 267 g/mol. The molecule has 1 aliphatic rings. The zero-order valence-electron chi connectivity index (χ0n) is 11.6. The van der Waals surface area contributed by atoms with Gasteiger partial charge in [0.1, 0.15) is 0 Å². The van der Waals surface area contributed by atoms with Crippen LogP contribution in [-0.2, 0) is 13.1 Å². The van der Waals surface area contributed by atoms with Crippen molar-refractivity contribution in [1.82, 2.24) is 15.1 Å². The third-order valence-corrected chi connectivity index (χ3v) is 5.47. The number of aromatic nitrogens is 2. The number of nitrogens with one attached hydrogen (secondary N) is 1. The van der Waals surface area contributed by atoms with Crippen LogP contribution in [0.1, 0.15) is 44.7 Å². The summed E-state index contributed by atoms with van der Waals surface area (Å²) < 4.78 is 2.55. The normalized spacial score (nSPS) is 19.0. The van der Waals surface area contributed by atoms with Crippen LogP contribution in [0.4, 0.5) is 0 Å². The SMILES string of the molecule is CCn1nccc1CNCC1(SC)CCCCC1. The molecule has 18 heavy (non-hydrogen) atoms. The highest BCUT2D eigenvalue weighted by molar-refractivity contribution is 8.00. The second-order valence-electron chi connectivity index (χ2n) is 5.19. The van der Waals surface area contributed by atoms with Crippen molar-refractivity contribution < 1.29 is 0 Å². The van der Waals surface area contributed by atoms with E-state index in [1.165, 1.54) is 37.8 Å². The first kappa shape index (κ1) is 13.9. The molecule has 1 aliphatic carbocycles. The van der Waals surface area contributed by atoms with Crippen molar-refractivity contribution in [2.75, 3.05) is 12.8 Å². The third kappa shape index (κ3) is 3.29. The van der Waals surface area contributed by atoms with E-state index in [0.717, 1.165) is 19.6 Å². The maximum absolute atomic E-state index is 4.31. The highest BCUT2D eigenvalue weighted by atomic mass is 32.2. The first-order valence-corrected chi connectivity index (χ1v) is 8.29. The second-order valence-corrected chi connectivity index (χ2v) is 6.46. The summed E-state index contributed by atoms with van der Waals surface area (Å²) in [4.78, 5) is 0. The van der Waals surface area contributed by atoms with Crippen LogP contribution in [0.15, 0.2) is 12.3 Å². The molecule has 1 saturated carbocycles. The quantitative estimate of drug-likeness (QED) is 0.859. The van der Waals surface area contributed by atoms with Gasteiger partial charge in [-0.2, -0.15) is 16.9 Å². The minimum atomic E-state index is 0.481. The van der Waals surface area contributed by atoms with Gasteiger partial charge in [0, 0.05) is 30.6 Å². The van der Waals surface area contributed by atoms with Crippen molar-refractivity contribution in [2.24, 2.45) is 0 Å². The topological polar surface area (TPSA) is 29.9 Å². The molecular weight excluding hydrogens is 242 g/mol. The van der Waals surface area contributed by atoms with Gasteiger partial charge in [0.25, 0.3) is 0 Å². The predicted molar refractivity (Wildman–Crippen MR) is 78.9 cm³/mol. The lowest BCUT2D eigenvalue weighted by Crippen LogP contribution is -2.39. The van der Waals surface area contributed by atoms with E-state index >= 15 is 0 Å². The molecule has 0 spiro atoms. The summed E-state index contributed by atoms with van der Waals surface area (Å²) in [7, 11) is 0. The molecule has 0 saturated heterocycles. The fourth-order valence-corrected chi connectivity index (χ4v) is 3.81. The molecule has 1 aromatic rings. The van der Waals surface area contributed by atoms with Gasteiger partial charge in [-0.05, 0) is 32.1 Å². The average Bonchev–Trinajstić information content (AvgIpc) is 2.87. The van der Waals surface area contributed by atoms with Gasteiger partial charge < -0.3 is 5.32 Å². The second kappa shape index (κ2) is 6.62. The third-order valence-electron chi connectivity index (χ3n) is 4.06. The van der Waals surface area contributed by atoms with E-state index in [2.05, 4.69) is 46.1 Å². The Morgan fingerprint density at radius 1 is 1.39 bits per heavy atom. The molecule has 0 bridgehead atoms. The Hall–Kier alpha value is -0.480. The van der Waals surface area contributed by atoms with Crippen molar-refractivity contribution >= 4 is 11.8 Å². The van der Waals surface area contributed by atoms with Gasteiger partial charge in [-0.3, -0.25) is 4.68 Å². The summed E-state index contributed by atoms with van der Waals surface area (Å²) in [5, 5.41) is 7.95. The Labute approximate surface area is 115 Å². The van der Waals surface area contributed by atoms with Crippen molar-refractivity contribution in [3.05, 3.63) is 18.0 Å². The summed E-state index contributed by atoms with van der Waals surface area (Å²) >= 11 is 2.06. The number of thioether (sulfide) groups is 1. The Kier molecular flexibility index (Phi) is 5.13.